The highest BCUT2D eigenvalue weighted by Crippen LogP contribution is 2.58. The lowest BCUT2D eigenvalue weighted by Crippen LogP contribution is -2.55. The maximum absolute atomic E-state index is 14.5. The molecule has 1 fully saturated rings. The molecule has 0 unspecified atom stereocenters. The first-order valence-corrected chi connectivity index (χ1v) is 15.6. The van der Waals surface area contributed by atoms with Crippen LogP contribution in [-0.4, -0.2) is 69.9 Å². The number of benzene rings is 3. The predicted octanol–water partition coefficient (Wildman–Crippen LogP) is 3.27. The molecule has 0 aliphatic carbocycles. The van der Waals surface area contributed by atoms with Gasteiger partial charge in [0.05, 0.1) is 43.3 Å². The molecule has 6 rings (SSSR count). The minimum Gasteiger partial charge on any atom is -0.467 e. The van der Waals surface area contributed by atoms with E-state index in [-0.39, 0.29) is 29.3 Å². The molecular weight excluding hydrogens is 598 g/mol. The SMILES string of the molecule is COC(=O)C1=C(C(=O)OC)[C@@H]2N(Cc3ccccc3)c3ccccc3[C@@]23C[C@@H](C(=O)OC)N(S(=O)(=O)c2ccc(C)cc2)C3=N1. The van der Waals surface area contributed by atoms with Gasteiger partial charge in [0.2, 0.25) is 0 Å². The number of sulfonamides is 1. The lowest BCUT2D eigenvalue weighted by atomic mass is 9.69. The first-order valence-electron chi connectivity index (χ1n) is 14.2. The summed E-state index contributed by atoms with van der Waals surface area (Å²) in [4.78, 5) is 47.1. The van der Waals surface area contributed by atoms with E-state index < -0.39 is 51.1 Å². The Kier molecular flexibility index (Phi) is 7.48. The molecule has 0 aromatic heterocycles. The molecule has 0 bridgehead atoms. The van der Waals surface area contributed by atoms with Crippen LogP contribution in [0.4, 0.5) is 5.69 Å². The van der Waals surface area contributed by atoms with Crippen molar-refractivity contribution >= 4 is 39.5 Å². The van der Waals surface area contributed by atoms with Crippen LogP contribution in [-0.2, 0) is 50.6 Å². The smallest absolute Gasteiger partial charge is 0.357 e. The van der Waals surface area contributed by atoms with Crippen LogP contribution >= 0.6 is 0 Å². The van der Waals surface area contributed by atoms with Gasteiger partial charge in [-0.15, -0.1) is 0 Å². The van der Waals surface area contributed by atoms with Crippen LogP contribution in [0.2, 0.25) is 0 Å². The Morgan fingerprint density at radius 1 is 0.867 bits per heavy atom. The molecule has 11 nitrogen and oxygen atoms in total. The number of para-hydroxylation sites is 1. The van der Waals surface area contributed by atoms with Gasteiger partial charge in [-0.3, -0.25) is 0 Å². The van der Waals surface area contributed by atoms with E-state index in [4.69, 9.17) is 14.2 Å². The average molecular weight is 630 g/mol. The minimum absolute atomic E-state index is 0.0758. The van der Waals surface area contributed by atoms with E-state index in [1.54, 1.807) is 18.2 Å². The number of carbonyl (C=O) groups excluding carboxylic acids is 3. The van der Waals surface area contributed by atoms with Crippen LogP contribution in [0.25, 0.3) is 0 Å². The number of aryl methyl sites for hydroxylation is 1. The quantitative estimate of drug-likeness (QED) is 0.285. The van der Waals surface area contributed by atoms with Crippen molar-refractivity contribution in [2.45, 2.75) is 42.3 Å². The summed E-state index contributed by atoms with van der Waals surface area (Å²) in [5, 5.41) is 0. The first-order chi connectivity index (χ1) is 21.6. The summed E-state index contributed by atoms with van der Waals surface area (Å²) in [6.07, 6.45) is -0.120. The fourth-order valence-corrected chi connectivity index (χ4v) is 8.37. The molecule has 0 N–H and O–H groups in total. The largest absolute Gasteiger partial charge is 0.467 e. The van der Waals surface area contributed by atoms with Crippen molar-refractivity contribution in [2.75, 3.05) is 26.2 Å². The standard InChI is InChI=1S/C33H31N3O8S/c1-20-14-16-22(17-15-20)45(40,41)36-25(29(37)42-2)18-33-23-12-8-9-13-24(23)35(19-21-10-6-5-7-11-21)28(33)26(30(38)43-3)27(31(39)44-4)34-32(33)36/h5-17,25,28H,18-19H2,1-4H3/t25-,28-,33-/m0/s1. The molecule has 232 valence electrons. The van der Waals surface area contributed by atoms with Crippen molar-refractivity contribution in [3.63, 3.8) is 0 Å². The second kappa shape index (κ2) is 11.2. The number of fused-ring (bicyclic) bond motifs is 1. The number of hydrogen-bond acceptors (Lipinski definition) is 10. The molecule has 1 saturated heterocycles. The number of carbonyl (C=O) groups is 3. The van der Waals surface area contributed by atoms with Crippen LogP contribution < -0.4 is 4.90 Å². The van der Waals surface area contributed by atoms with E-state index in [1.165, 1.54) is 26.4 Å². The fourth-order valence-electron chi connectivity index (χ4n) is 6.74. The summed E-state index contributed by atoms with van der Waals surface area (Å²) in [5.74, 6) is -2.68. The van der Waals surface area contributed by atoms with E-state index in [0.29, 0.717) is 11.3 Å². The van der Waals surface area contributed by atoms with Gasteiger partial charge >= 0.3 is 17.9 Å². The summed E-state index contributed by atoms with van der Waals surface area (Å²) in [6.45, 7) is 2.10. The Hall–Kier alpha value is -4.97. The summed E-state index contributed by atoms with van der Waals surface area (Å²) in [6, 6.07) is 20.7. The van der Waals surface area contributed by atoms with Crippen molar-refractivity contribution in [1.82, 2.24) is 4.31 Å². The van der Waals surface area contributed by atoms with Crippen LogP contribution in [0.3, 0.4) is 0 Å². The van der Waals surface area contributed by atoms with Crippen molar-refractivity contribution < 1.29 is 37.0 Å². The van der Waals surface area contributed by atoms with Crippen molar-refractivity contribution in [2.24, 2.45) is 4.99 Å². The molecule has 3 aromatic rings. The maximum Gasteiger partial charge on any atom is 0.357 e. The molecule has 0 radical (unpaired) electrons. The number of anilines is 1. The molecule has 3 aliphatic heterocycles. The Morgan fingerprint density at radius 3 is 2.16 bits per heavy atom. The Morgan fingerprint density at radius 2 is 1.51 bits per heavy atom. The predicted molar refractivity (Wildman–Crippen MR) is 164 cm³/mol. The van der Waals surface area contributed by atoms with Gasteiger partial charge in [0, 0.05) is 12.2 Å². The summed E-state index contributed by atoms with van der Waals surface area (Å²) >= 11 is 0. The van der Waals surface area contributed by atoms with Gasteiger partial charge in [-0.1, -0.05) is 66.2 Å². The number of methoxy groups -OCH3 is 3. The molecule has 3 aliphatic rings. The summed E-state index contributed by atoms with van der Waals surface area (Å²) < 4.78 is 45.4. The van der Waals surface area contributed by atoms with Crippen molar-refractivity contribution in [3.8, 4) is 0 Å². The zero-order valence-electron chi connectivity index (χ0n) is 25.1. The number of nitrogens with zero attached hydrogens (tertiary/aromatic N) is 3. The van der Waals surface area contributed by atoms with Crippen molar-refractivity contribution in [1.29, 1.82) is 0 Å². The lowest BCUT2D eigenvalue weighted by Gasteiger charge is -2.40. The number of rotatable bonds is 7. The Balaban J connectivity index is 1.70. The van der Waals surface area contributed by atoms with Crippen molar-refractivity contribution in [3.05, 3.63) is 107 Å². The molecule has 45 heavy (non-hydrogen) atoms. The molecule has 3 aromatic carbocycles. The second-order valence-electron chi connectivity index (χ2n) is 11.0. The zero-order chi connectivity index (χ0) is 32.1. The maximum atomic E-state index is 14.5. The average Bonchev–Trinajstić information content (AvgIpc) is 3.55. The highest BCUT2D eigenvalue weighted by atomic mass is 32.2. The monoisotopic (exact) mass is 629 g/mol. The summed E-state index contributed by atoms with van der Waals surface area (Å²) in [5.41, 5.74) is 1.17. The molecular formula is C33H31N3O8S. The van der Waals surface area contributed by atoms with Gasteiger partial charge in [0.25, 0.3) is 10.0 Å². The highest BCUT2D eigenvalue weighted by molar-refractivity contribution is 7.89. The van der Waals surface area contributed by atoms with Gasteiger partial charge < -0.3 is 19.1 Å². The fraction of sp³-hybridized carbons (Fsp3) is 0.273. The molecule has 0 saturated carbocycles. The summed E-state index contributed by atoms with van der Waals surface area (Å²) in [7, 11) is -0.942. The van der Waals surface area contributed by atoms with E-state index >= 15 is 0 Å². The third kappa shape index (κ3) is 4.50. The third-order valence-electron chi connectivity index (χ3n) is 8.66. The van der Waals surface area contributed by atoms with Crippen LogP contribution in [0.1, 0.15) is 23.1 Å². The Labute approximate surface area is 260 Å². The minimum atomic E-state index is -4.46. The van der Waals surface area contributed by atoms with E-state index in [0.717, 1.165) is 22.5 Å². The van der Waals surface area contributed by atoms with Gasteiger partial charge in [-0.25, -0.2) is 32.1 Å². The third-order valence-corrected chi connectivity index (χ3v) is 10.5. The van der Waals surface area contributed by atoms with E-state index in [9.17, 15) is 22.8 Å². The second-order valence-corrected chi connectivity index (χ2v) is 12.9. The van der Waals surface area contributed by atoms with E-state index in [2.05, 4.69) is 4.99 Å². The molecule has 3 atom stereocenters. The topological polar surface area (TPSA) is 132 Å². The normalized spacial score (nSPS) is 21.8. The van der Waals surface area contributed by atoms with Gasteiger partial charge in [0.15, 0.2) is 5.70 Å². The first kappa shape index (κ1) is 30.1. The van der Waals surface area contributed by atoms with Gasteiger partial charge in [-0.2, -0.15) is 0 Å². The van der Waals surface area contributed by atoms with Gasteiger partial charge in [-0.05, 0) is 42.7 Å². The number of esters is 3. The molecule has 12 heteroatoms. The number of amidine groups is 1. The molecule has 1 spiro atoms. The van der Waals surface area contributed by atoms with Crippen LogP contribution in [0, 0.1) is 6.92 Å². The van der Waals surface area contributed by atoms with Crippen LogP contribution in [0.15, 0.2) is 100 Å². The van der Waals surface area contributed by atoms with Gasteiger partial charge in [0.1, 0.15) is 11.9 Å². The number of hydrogen-bond donors (Lipinski definition) is 0. The molecule has 3 heterocycles. The van der Waals surface area contributed by atoms with E-state index in [1.807, 2.05) is 60.4 Å². The number of aliphatic imine (C=N–C) groups is 1. The Bertz CT molecular complexity index is 1870. The number of ether oxygens (including phenoxy) is 3. The zero-order valence-corrected chi connectivity index (χ0v) is 25.9. The highest BCUT2D eigenvalue weighted by Gasteiger charge is 2.68. The van der Waals surface area contributed by atoms with Crippen LogP contribution in [0.5, 0.6) is 0 Å². The lowest BCUT2D eigenvalue weighted by molar-refractivity contribution is -0.144. The molecule has 0 amide bonds.